The van der Waals surface area contributed by atoms with Gasteiger partial charge in [-0.25, -0.2) is 4.98 Å². The molecule has 0 radical (unpaired) electrons. The maximum atomic E-state index is 13.2. The Kier molecular flexibility index (Phi) is 5.15. The zero-order valence-electron chi connectivity index (χ0n) is 17.5. The molecular formula is C26H19BrN2O3. The summed E-state index contributed by atoms with van der Waals surface area (Å²) in [5.74, 6) is 1.03. The Hall–Kier alpha value is -3.64. The van der Waals surface area contributed by atoms with E-state index in [1.807, 2.05) is 79.7 Å². The second-order valence-corrected chi connectivity index (χ2v) is 8.33. The first-order valence-electron chi connectivity index (χ1n) is 10.1. The second-order valence-electron chi connectivity index (χ2n) is 7.48. The number of ether oxygens (including phenoxy) is 1. The van der Waals surface area contributed by atoms with Crippen LogP contribution in [-0.2, 0) is 0 Å². The SMILES string of the molecule is COc1ccc2oc(-c3ccc(C)c(NC(=O)c4cccc5c(Br)cccc45)c3)nc2c1. The predicted molar refractivity (Wildman–Crippen MR) is 130 cm³/mol. The van der Waals surface area contributed by atoms with Crippen LogP contribution in [0.1, 0.15) is 15.9 Å². The summed E-state index contributed by atoms with van der Waals surface area (Å²) in [6.45, 7) is 1.95. The minimum absolute atomic E-state index is 0.170. The number of rotatable bonds is 4. The van der Waals surface area contributed by atoms with Gasteiger partial charge in [-0.2, -0.15) is 0 Å². The molecule has 0 aliphatic heterocycles. The van der Waals surface area contributed by atoms with Crippen LogP contribution in [0.3, 0.4) is 0 Å². The van der Waals surface area contributed by atoms with Crippen LogP contribution in [0, 0.1) is 6.92 Å². The molecule has 0 unspecified atom stereocenters. The zero-order valence-corrected chi connectivity index (χ0v) is 19.1. The summed E-state index contributed by atoms with van der Waals surface area (Å²) < 4.78 is 12.1. The molecule has 0 saturated carbocycles. The fraction of sp³-hybridized carbons (Fsp3) is 0.0769. The predicted octanol–water partition coefficient (Wildman–Crippen LogP) is 6.98. The molecule has 0 spiro atoms. The van der Waals surface area contributed by atoms with E-state index in [0.29, 0.717) is 28.2 Å². The Bertz CT molecular complexity index is 1490. The van der Waals surface area contributed by atoms with E-state index in [-0.39, 0.29) is 5.91 Å². The molecule has 1 N–H and O–H groups in total. The lowest BCUT2D eigenvalue weighted by atomic mass is 10.0. The largest absolute Gasteiger partial charge is 0.497 e. The molecular weight excluding hydrogens is 468 g/mol. The minimum atomic E-state index is -0.170. The van der Waals surface area contributed by atoms with Crippen molar-refractivity contribution in [3.63, 3.8) is 0 Å². The third kappa shape index (κ3) is 3.63. The number of hydrogen-bond donors (Lipinski definition) is 1. The summed E-state index contributed by atoms with van der Waals surface area (Å²) in [5.41, 5.74) is 4.44. The number of oxazole rings is 1. The molecule has 1 amide bonds. The van der Waals surface area contributed by atoms with Crippen molar-refractivity contribution in [2.45, 2.75) is 6.92 Å². The van der Waals surface area contributed by atoms with Gasteiger partial charge in [0.2, 0.25) is 5.89 Å². The molecule has 158 valence electrons. The molecule has 0 atom stereocenters. The number of benzene rings is 4. The van der Waals surface area contributed by atoms with Gasteiger partial charge >= 0.3 is 0 Å². The van der Waals surface area contributed by atoms with Crippen LogP contribution in [0.2, 0.25) is 0 Å². The van der Waals surface area contributed by atoms with Gasteiger partial charge in [-0.05, 0) is 59.7 Å². The van der Waals surface area contributed by atoms with Gasteiger partial charge in [0.15, 0.2) is 5.58 Å². The number of nitrogens with zero attached hydrogens (tertiary/aromatic N) is 1. The summed E-state index contributed by atoms with van der Waals surface area (Å²) in [7, 11) is 1.62. The number of amides is 1. The summed E-state index contributed by atoms with van der Waals surface area (Å²) in [6, 6.07) is 22.8. The first-order valence-corrected chi connectivity index (χ1v) is 10.9. The van der Waals surface area contributed by atoms with Crippen molar-refractivity contribution >= 4 is 49.4 Å². The second kappa shape index (κ2) is 8.13. The number of hydrogen-bond acceptors (Lipinski definition) is 4. The highest BCUT2D eigenvalue weighted by molar-refractivity contribution is 9.10. The zero-order chi connectivity index (χ0) is 22.2. The smallest absolute Gasteiger partial charge is 0.256 e. The molecule has 1 aromatic heterocycles. The maximum absolute atomic E-state index is 13.2. The molecule has 5 aromatic rings. The van der Waals surface area contributed by atoms with Crippen LogP contribution in [0.4, 0.5) is 5.69 Å². The first kappa shape index (κ1) is 20.3. The van der Waals surface area contributed by atoms with Crippen LogP contribution >= 0.6 is 15.9 Å². The number of aromatic nitrogens is 1. The molecule has 1 heterocycles. The lowest BCUT2D eigenvalue weighted by Gasteiger charge is -2.12. The Balaban J connectivity index is 1.50. The van der Waals surface area contributed by atoms with Gasteiger partial charge in [0.1, 0.15) is 11.3 Å². The van der Waals surface area contributed by atoms with Gasteiger partial charge in [0, 0.05) is 27.4 Å². The molecule has 0 saturated heterocycles. The molecule has 5 nitrogen and oxygen atoms in total. The van der Waals surface area contributed by atoms with E-state index in [0.717, 1.165) is 32.1 Å². The fourth-order valence-corrected chi connectivity index (χ4v) is 4.21. The van der Waals surface area contributed by atoms with Crippen molar-refractivity contribution in [2.75, 3.05) is 12.4 Å². The Morgan fingerprint density at radius 2 is 1.81 bits per heavy atom. The van der Waals surface area contributed by atoms with Crippen LogP contribution in [-0.4, -0.2) is 18.0 Å². The van der Waals surface area contributed by atoms with Gasteiger partial charge in [0.25, 0.3) is 5.91 Å². The topological polar surface area (TPSA) is 64.4 Å². The monoisotopic (exact) mass is 486 g/mol. The van der Waals surface area contributed by atoms with Gasteiger partial charge in [-0.1, -0.05) is 46.3 Å². The highest BCUT2D eigenvalue weighted by Gasteiger charge is 2.15. The highest BCUT2D eigenvalue weighted by atomic mass is 79.9. The number of methoxy groups -OCH3 is 1. The molecule has 0 aliphatic rings. The molecule has 32 heavy (non-hydrogen) atoms. The van der Waals surface area contributed by atoms with E-state index in [4.69, 9.17) is 9.15 Å². The number of fused-ring (bicyclic) bond motifs is 2. The number of halogens is 1. The summed E-state index contributed by atoms with van der Waals surface area (Å²) in [4.78, 5) is 17.8. The van der Waals surface area contributed by atoms with Crippen LogP contribution in [0.5, 0.6) is 5.75 Å². The standard InChI is InChI=1S/C26H19BrN2O3/c1-15-9-10-16(26-29-23-14-17(31-2)11-12-24(23)32-26)13-22(15)28-25(30)20-7-3-6-19-18(20)5-4-8-21(19)27/h3-14H,1-2H3,(H,28,30). The van der Waals surface area contributed by atoms with Crippen LogP contribution in [0.15, 0.2) is 81.7 Å². The van der Waals surface area contributed by atoms with E-state index in [1.54, 1.807) is 7.11 Å². The molecule has 0 fully saturated rings. The number of nitrogens with one attached hydrogen (secondary N) is 1. The van der Waals surface area contributed by atoms with Crippen LogP contribution in [0.25, 0.3) is 33.3 Å². The maximum Gasteiger partial charge on any atom is 0.256 e. The Morgan fingerprint density at radius 1 is 1.00 bits per heavy atom. The van der Waals surface area contributed by atoms with Crippen molar-refractivity contribution in [2.24, 2.45) is 0 Å². The quantitative estimate of drug-likeness (QED) is 0.297. The van der Waals surface area contributed by atoms with Crippen molar-refractivity contribution in [1.82, 2.24) is 4.98 Å². The first-order chi connectivity index (χ1) is 15.5. The molecule has 4 aromatic carbocycles. The summed E-state index contributed by atoms with van der Waals surface area (Å²) in [6.07, 6.45) is 0. The van der Waals surface area contributed by atoms with Gasteiger partial charge < -0.3 is 14.5 Å². The van der Waals surface area contributed by atoms with Gasteiger partial charge in [-0.3, -0.25) is 4.79 Å². The lowest BCUT2D eigenvalue weighted by molar-refractivity contribution is 0.102. The molecule has 0 bridgehead atoms. The van der Waals surface area contributed by atoms with Gasteiger partial charge in [-0.15, -0.1) is 0 Å². The van der Waals surface area contributed by atoms with Gasteiger partial charge in [0.05, 0.1) is 7.11 Å². The summed E-state index contributed by atoms with van der Waals surface area (Å²) >= 11 is 3.56. The van der Waals surface area contributed by atoms with E-state index in [9.17, 15) is 4.79 Å². The van der Waals surface area contributed by atoms with E-state index in [2.05, 4.69) is 26.2 Å². The normalized spacial score (nSPS) is 11.1. The molecule has 0 aliphatic carbocycles. The third-order valence-electron chi connectivity index (χ3n) is 5.44. The molecule has 5 rings (SSSR count). The van der Waals surface area contributed by atoms with E-state index >= 15 is 0 Å². The Morgan fingerprint density at radius 3 is 2.66 bits per heavy atom. The van der Waals surface area contributed by atoms with Crippen molar-refractivity contribution in [1.29, 1.82) is 0 Å². The molecule has 6 heteroatoms. The van der Waals surface area contributed by atoms with Crippen LogP contribution < -0.4 is 10.1 Å². The van der Waals surface area contributed by atoms with E-state index in [1.165, 1.54) is 0 Å². The number of carbonyl (C=O) groups is 1. The lowest BCUT2D eigenvalue weighted by Crippen LogP contribution is -2.13. The number of anilines is 1. The summed E-state index contributed by atoms with van der Waals surface area (Å²) in [5, 5.41) is 4.94. The minimum Gasteiger partial charge on any atom is -0.497 e. The highest BCUT2D eigenvalue weighted by Crippen LogP contribution is 2.31. The number of carbonyl (C=O) groups excluding carboxylic acids is 1. The Labute approximate surface area is 193 Å². The average Bonchev–Trinajstić information content (AvgIpc) is 3.23. The third-order valence-corrected chi connectivity index (χ3v) is 6.13. The van der Waals surface area contributed by atoms with Crippen molar-refractivity contribution in [3.8, 4) is 17.2 Å². The number of aryl methyl sites for hydroxylation is 1. The average molecular weight is 487 g/mol. The van der Waals surface area contributed by atoms with Crippen molar-refractivity contribution < 1.29 is 13.9 Å². The fourth-order valence-electron chi connectivity index (χ4n) is 3.71. The van der Waals surface area contributed by atoms with Crippen molar-refractivity contribution in [3.05, 3.63) is 88.4 Å². The van der Waals surface area contributed by atoms with E-state index < -0.39 is 0 Å².